The molecule has 1 aromatic rings. The Labute approximate surface area is 191 Å². The minimum atomic E-state index is -0.215. The van der Waals surface area contributed by atoms with Crippen LogP contribution in [0.3, 0.4) is 0 Å². The summed E-state index contributed by atoms with van der Waals surface area (Å²) < 4.78 is 24.5. The lowest BCUT2D eigenvalue weighted by Gasteiger charge is -2.35. The van der Waals surface area contributed by atoms with Gasteiger partial charge in [0.2, 0.25) is 0 Å². The molecule has 2 rings (SSSR count). The third-order valence-corrected chi connectivity index (χ3v) is 4.81. The summed E-state index contributed by atoms with van der Waals surface area (Å²) in [7, 11) is 1.76. The van der Waals surface area contributed by atoms with E-state index >= 15 is 0 Å². The number of rotatable bonds is 10. The summed E-state index contributed by atoms with van der Waals surface area (Å²) in [6.45, 7) is 10.4. The number of guanidine groups is 1. The zero-order valence-corrected chi connectivity index (χ0v) is 20.2. The average Bonchev–Trinajstić information content (AvgIpc) is 2.71. The van der Waals surface area contributed by atoms with E-state index in [1.165, 1.54) is 12.1 Å². The Hall–Kier alpha value is -0.970. The topological polar surface area (TPSA) is 58.1 Å². The summed E-state index contributed by atoms with van der Waals surface area (Å²) in [6, 6.07) is 6.88. The van der Waals surface area contributed by atoms with Gasteiger partial charge in [-0.3, -0.25) is 9.89 Å². The molecule has 1 aromatic carbocycles. The molecule has 8 heteroatoms. The molecule has 1 fully saturated rings. The molecule has 0 radical (unpaired) electrons. The van der Waals surface area contributed by atoms with E-state index in [9.17, 15) is 4.39 Å². The number of morpholine rings is 1. The van der Waals surface area contributed by atoms with Crippen LogP contribution in [0.5, 0.6) is 0 Å². The molecule has 1 heterocycles. The fourth-order valence-corrected chi connectivity index (χ4v) is 3.11. The highest BCUT2D eigenvalue weighted by atomic mass is 127. The normalized spacial score (nSPS) is 16.4. The lowest BCUT2D eigenvalue weighted by Crippen LogP contribution is -2.46. The molecule has 166 valence electrons. The second-order valence-electron chi connectivity index (χ2n) is 7.39. The van der Waals surface area contributed by atoms with Crippen LogP contribution in [-0.4, -0.2) is 70.5 Å². The predicted octanol–water partition coefficient (Wildman–Crippen LogP) is 3.04. The summed E-state index contributed by atoms with van der Waals surface area (Å²) in [6.07, 6.45) is 1.08. The van der Waals surface area contributed by atoms with Gasteiger partial charge in [0.15, 0.2) is 5.96 Å². The third-order valence-electron chi connectivity index (χ3n) is 4.81. The monoisotopic (exact) mass is 522 g/mol. The van der Waals surface area contributed by atoms with Crippen molar-refractivity contribution in [3.8, 4) is 0 Å². The van der Waals surface area contributed by atoms with E-state index in [4.69, 9.17) is 9.47 Å². The van der Waals surface area contributed by atoms with E-state index < -0.39 is 0 Å². The Bertz CT molecular complexity index is 581. The molecule has 0 aliphatic carbocycles. The Kier molecular flexibility index (Phi) is 13.4. The van der Waals surface area contributed by atoms with Crippen molar-refractivity contribution in [2.45, 2.75) is 26.3 Å². The molecule has 29 heavy (non-hydrogen) atoms. The lowest BCUT2D eigenvalue weighted by atomic mass is 10.0. The average molecular weight is 522 g/mol. The van der Waals surface area contributed by atoms with Gasteiger partial charge < -0.3 is 20.1 Å². The van der Waals surface area contributed by atoms with Crippen LogP contribution in [0.4, 0.5) is 4.39 Å². The molecule has 0 saturated carbocycles. The van der Waals surface area contributed by atoms with Crippen LogP contribution in [-0.2, 0) is 9.47 Å². The molecule has 0 amide bonds. The number of nitrogens with one attached hydrogen (secondary N) is 2. The van der Waals surface area contributed by atoms with Gasteiger partial charge in [-0.25, -0.2) is 4.39 Å². The number of halogens is 2. The zero-order valence-electron chi connectivity index (χ0n) is 17.8. The second kappa shape index (κ2) is 14.9. The molecule has 1 aliphatic rings. The summed E-state index contributed by atoms with van der Waals surface area (Å²) in [5.41, 5.74) is 1.09. The highest BCUT2D eigenvalue weighted by molar-refractivity contribution is 14.0. The summed E-state index contributed by atoms with van der Waals surface area (Å²) in [5, 5.41) is 6.68. The van der Waals surface area contributed by atoms with Crippen molar-refractivity contribution in [1.82, 2.24) is 15.5 Å². The van der Waals surface area contributed by atoms with Crippen LogP contribution in [0.15, 0.2) is 29.3 Å². The van der Waals surface area contributed by atoms with Gasteiger partial charge >= 0.3 is 0 Å². The van der Waals surface area contributed by atoms with Crippen molar-refractivity contribution in [2.75, 3.05) is 59.7 Å². The Morgan fingerprint density at radius 2 is 1.86 bits per heavy atom. The van der Waals surface area contributed by atoms with Gasteiger partial charge in [0, 0.05) is 39.8 Å². The third kappa shape index (κ3) is 10.1. The van der Waals surface area contributed by atoms with Crippen molar-refractivity contribution in [1.29, 1.82) is 0 Å². The standard InChI is InChI=1S/C21H35FN4O2.HI/c1-17(2)8-12-27-13-9-24-21(23-3)25-16-20(26-10-14-28-15-11-26)18-4-6-19(22)7-5-18;/h4-7,17,20H,8-16H2,1-3H3,(H2,23,24,25);1H. The zero-order chi connectivity index (χ0) is 20.2. The number of benzene rings is 1. The highest BCUT2D eigenvalue weighted by Gasteiger charge is 2.23. The minimum absolute atomic E-state index is 0. The molecule has 1 atom stereocenters. The maximum Gasteiger partial charge on any atom is 0.191 e. The van der Waals surface area contributed by atoms with Gasteiger partial charge in [0.1, 0.15) is 5.82 Å². The van der Waals surface area contributed by atoms with Gasteiger partial charge in [-0.15, -0.1) is 24.0 Å². The van der Waals surface area contributed by atoms with Crippen LogP contribution < -0.4 is 10.6 Å². The quantitative estimate of drug-likeness (QED) is 0.214. The summed E-state index contributed by atoms with van der Waals surface area (Å²) >= 11 is 0. The molecule has 6 nitrogen and oxygen atoms in total. The first kappa shape index (κ1) is 26.1. The fourth-order valence-electron chi connectivity index (χ4n) is 3.11. The maximum atomic E-state index is 13.3. The number of hydrogen-bond donors (Lipinski definition) is 2. The van der Waals surface area contributed by atoms with Gasteiger partial charge in [-0.05, 0) is 30.0 Å². The highest BCUT2D eigenvalue weighted by Crippen LogP contribution is 2.21. The molecule has 0 bridgehead atoms. The Balaban J connectivity index is 0.00000420. The molecule has 0 spiro atoms. The van der Waals surface area contributed by atoms with E-state index in [1.54, 1.807) is 7.05 Å². The molecule has 0 aromatic heterocycles. The first-order valence-corrected chi connectivity index (χ1v) is 10.2. The van der Waals surface area contributed by atoms with Crippen molar-refractivity contribution in [2.24, 2.45) is 10.9 Å². The smallest absolute Gasteiger partial charge is 0.191 e. The molecule has 1 aliphatic heterocycles. The minimum Gasteiger partial charge on any atom is -0.380 e. The van der Waals surface area contributed by atoms with Gasteiger partial charge in [0.25, 0.3) is 0 Å². The van der Waals surface area contributed by atoms with Crippen LogP contribution >= 0.6 is 24.0 Å². The van der Waals surface area contributed by atoms with E-state index in [2.05, 4.69) is 34.4 Å². The van der Waals surface area contributed by atoms with E-state index in [0.717, 1.165) is 50.9 Å². The lowest BCUT2D eigenvalue weighted by molar-refractivity contribution is 0.0170. The molecular formula is C21H36FIN4O2. The number of ether oxygens (including phenoxy) is 2. The summed E-state index contributed by atoms with van der Waals surface area (Å²) in [5.74, 6) is 1.19. The van der Waals surface area contributed by atoms with Crippen molar-refractivity contribution >= 4 is 29.9 Å². The Morgan fingerprint density at radius 1 is 1.17 bits per heavy atom. The predicted molar refractivity (Wildman–Crippen MR) is 127 cm³/mol. The van der Waals surface area contributed by atoms with Crippen molar-refractivity contribution in [3.05, 3.63) is 35.6 Å². The molecular weight excluding hydrogens is 486 g/mol. The SMILES string of the molecule is CN=C(NCCOCCC(C)C)NCC(c1ccc(F)cc1)N1CCOCC1.I. The second-order valence-corrected chi connectivity index (χ2v) is 7.39. The number of nitrogens with zero attached hydrogens (tertiary/aromatic N) is 2. The van der Waals surface area contributed by atoms with Crippen LogP contribution in [0.2, 0.25) is 0 Å². The van der Waals surface area contributed by atoms with Crippen LogP contribution in [0, 0.1) is 11.7 Å². The Morgan fingerprint density at radius 3 is 2.48 bits per heavy atom. The summed E-state index contributed by atoms with van der Waals surface area (Å²) in [4.78, 5) is 6.66. The van der Waals surface area contributed by atoms with Crippen molar-refractivity contribution < 1.29 is 13.9 Å². The number of hydrogen-bond acceptors (Lipinski definition) is 4. The first-order chi connectivity index (χ1) is 13.6. The molecule has 1 saturated heterocycles. The maximum absolute atomic E-state index is 13.3. The van der Waals surface area contributed by atoms with Gasteiger partial charge in [-0.1, -0.05) is 26.0 Å². The van der Waals surface area contributed by atoms with Crippen LogP contribution in [0.1, 0.15) is 31.9 Å². The number of aliphatic imine (C=N–C) groups is 1. The molecule has 1 unspecified atom stereocenters. The van der Waals surface area contributed by atoms with E-state index in [0.29, 0.717) is 25.6 Å². The van der Waals surface area contributed by atoms with E-state index in [1.807, 2.05) is 12.1 Å². The molecule has 2 N–H and O–H groups in total. The van der Waals surface area contributed by atoms with Gasteiger partial charge in [0.05, 0.1) is 25.9 Å². The fraction of sp³-hybridized carbons (Fsp3) is 0.667. The van der Waals surface area contributed by atoms with Crippen LogP contribution in [0.25, 0.3) is 0 Å². The largest absolute Gasteiger partial charge is 0.380 e. The van der Waals surface area contributed by atoms with E-state index in [-0.39, 0.29) is 35.8 Å². The first-order valence-electron chi connectivity index (χ1n) is 10.2. The van der Waals surface area contributed by atoms with Crippen molar-refractivity contribution in [3.63, 3.8) is 0 Å². The van der Waals surface area contributed by atoms with Gasteiger partial charge in [-0.2, -0.15) is 0 Å².